The molecule has 0 aliphatic rings. The van der Waals surface area contributed by atoms with Gasteiger partial charge in [-0.1, -0.05) is 121 Å². The second kappa shape index (κ2) is 10.1. The lowest BCUT2D eigenvalue weighted by atomic mass is 10.0. The van der Waals surface area contributed by atoms with Crippen LogP contribution in [-0.4, -0.2) is 0 Å². The molecule has 0 unspecified atom stereocenters. The van der Waals surface area contributed by atoms with Crippen LogP contribution in [0.5, 0.6) is 0 Å². The van der Waals surface area contributed by atoms with Gasteiger partial charge in [0.05, 0.1) is 31.8 Å². The number of rotatable bonds is 4. The predicted octanol–water partition coefficient (Wildman–Crippen LogP) is 12.9. The third-order valence-corrected chi connectivity index (χ3v) is 8.63. The van der Waals surface area contributed by atoms with E-state index in [1.54, 1.807) is 36.4 Å². The molecule has 2 aromatic heterocycles. The highest BCUT2D eigenvalue weighted by molar-refractivity contribution is 6.20. The number of fused-ring (bicyclic) bond motifs is 9. The summed E-state index contributed by atoms with van der Waals surface area (Å²) in [6.45, 7) is 0. The van der Waals surface area contributed by atoms with Gasteiger partial charge in [-0.05, 0) is 58.7 Å². The van der Waals surface area contributed by atoms with Gasteiger partial charge in [-0.3, -0.25) is 0 Å². The molecule has 220 valence electrons. The molecule has 0 aliphatic carbocycles. The Balaban J connectivity index is 1.37. The van der Waals surface area contributed by atoms with Gasteiger partial charge in [-0.2, -0.15) is 0 Å². The van der Waals surface area contributed by atoms with Gasteiger partial charge in [0, 0.05) is 38.2 Å². The summed E-state index contributed by atoms with van der Waals surface area (Å²) in [5.41, 5.74) is 1.66. The molecule has 3 nitrogen and oxygen atoms in total. The van der Waals surface area contributed by atoms with Gasteiger partial charge >= 0.3 is 0 Å². The minimum Gasteiger partial charge on any atom is -0.455 e. The second-order valence-electron chi connectivity index (χ2n) is 11.2. The first-order chi connectivity index (χ1) is 27.9. The Bertz CT molecular complexity index is 3410. The summed E-state index contributed by atoms with van der Waals surface area (Å²) in [6, 6.07) is 22.8. The number of hydrogen-bond acceptors (Lipinski definition) is 3. The van der Waals surface area contributed by atoms with Crippen molar-refractivity contribution in [2.24, 2.45) is 0 Å². The Hall–Kier alpha value is -6.32. The van der Waals surface area contributed by atoms with Crippen LogP contribution in [0.2, 0.25) is 0 Å². The quantitative estimate of drug-likeness (QED) is 0.198. The fraction of sp³-hybridized carbons (Fsp3) is 0. The summed E-state index contributed by atoms with van der Waals surface area (Å²) in [6.07, 6.45) is 0. The lowest BCUT2D eigenvalue weighted by molar-refractivity contribution is 0.670. The molecule has 0 radical (unpaired) electrons. The van der Waals surface area contributed by atoms with Crippen molar-refractivity contribution in [1.82, 2.24) is 0 Å². The van der Waals surface area contributed by atoms with Crippen LogP contribution in [-0.2, 0) is 0 Å². The van der Waals surface area contributed by atoms with E-state index >= 15 is 0 Å². The standard InChI is InChI=1S/C44H27NO2/c1-3-13-32-28(10-1)12-7-18-38(32)45(39-19-9-21-41-42(39)37-27-24-29-11-2-4-14-33(29)44(37)47-41)31-25-22-30(23-26-31)34-16-8-17-36-35-15-5-6-20-40(35)46-43(34)36/h1-27H/i1D,3D,7D,10D,12D,13D,18D,22D,23D,25D,26D. The van der Waals surface area contributed by atoms with Crippen molar-refractivity contribution < 1.29 is 23.9 Å². The third-order valence-electron chi connectivity index (χ3n) is 8.63. The zero-order valence-electron chi connectivity index (χ0n) is 35.5. The number of anilines is 3. The van der Waals surface area contributed by atoms with Crippen LogP contribution in [0.3, 0.4) is 0 Å². The Morgan fingerprint density at radius 3 is 2.13 bits per heavy atom. The monoisotopic (exact) mass is 612 g/mol. The molecule has 0 saturated heterocycles. The maximum Gasteiger partial charge on any atom is 0.143 e. The van der Waals surface area contributed by atoms with E-state index in [0.717, 1.165) is 21.5 Å². The van der Waals surface area contributed by atoms with Crippen LogP contribution >= 0.6 is 0 Å². The van der Waals surface area contributed by atoms with Crippen LogP contribution in [0.15, 0.2) is 172 Å². The van der Waals surface area contributed by atoms with Crippen molar-refractivity contribution in [2.75, 3.05) is 4.90 Å². The molecular weight excluding hydrogens is 574 g/mol. The topological polar surface area (TPSA) is 29.5 Å². The summed E-state index contributed by atoms with van der Waals surface area (Å²) in [5, 5.41) is 3.68. The van der Waals surface area contributed by atoms with Crippen LogP contribution in [0, 0.1) is 0 Å². The average molecular weight is 613 g/mol. The second-order valence-corrected chi connectivity index (χ2v) is 11.2. The number of nitrogens with zero attached hydrogens (tertiary/aromatic N) is 1. The molecule has 0 bridgehead atoms. The van der Waals surface area contributed by atoms with Gasteiger partial charge in [0.15, 0.2) is 0 Å². The minimum atomic E-state index is -0.656. The molecule has 2 heterocycles. The highest BCUT2D eigenvalue weighted by Gasteiger charge is 2.22. The van der Waals surface area contributed by atoms with E-state index in [-0.39, 0.29) is 33.4 Å². The van der Waals surface area contributed by atoms with Gasteiger partial charge in [0.1, 0.15) is 22.3 Å². The first kappa shape index (κ1) is 17.4. The van der Waals surface area contributed by atoms with Gasteiger partial charge < -0.3 is 13.7 Å². The van der Waals surface area contributed by atoms with E-state index in [9.17, 15) is 6.85 Å². The van der Waals surface area contributed by atoms with Crippen molar-refractivity contribution >= 4 is 82.5 Å². The average Bonchev–Trinajstić information content (AvgIpc) is 3.82. The zero-order valence-corrected chi connectivity index (χ0v) is 24.5. The maximum absolute atomic E-state index is 9.67. The van der Waals surface area contributed by atoms with E-state index < -0.39 is 66.5 Å². The Kier molecular flexibility index (Phi) is 3.74. The van der Waals surface area contributed by atoms with Crippen LogP contribution in [0.25, 0.3) is 76.5 Å². The number of para-hydroxylation sites is 2. The van der Waals surface area contributed by atoms with Crippen molar-refractivity contribution in [3.63, 3.8) is 0 Å². The summed E-state index contributed by atoms with van der Waals surface area (Å²) in [7, 11) is 0. The Labute approximate surface area is 285 Å². The third kappa shape index (κ3) is 3.93. The largest absolute Gasteiger partial charge is 0.455 e. The van der Waals surface area contributed by atoms with E-state index in [1.165, 1.54) is 4.90 Å². The molecule has 0 spiro atoms. The number of hydrogen-bond donors (Lipinski definition) is 0. The fourth-order valence-electron chi connectivity index (χ4n) is 6.54. The number of benzene rings is 8. The van der Waals surface area contributed by atoms with Gasteiger partial charge in [0.25, 0.3) is 0 Å². The molecule has 0 fully saturated rings. The summed E-state index contributed by atoms with van der Waals surface area (Å²) in [5.74, 6) is 0. The molecule has 47 heavy (non-hydrogen) atoms. The summed E-state index contributed by atoms with van der Waals surface area (Å²) < 4.78 is 113. The molecule has 0 amide bonds. The Morgan fingerprint density at radius 1 is 0.447 bits per heavy atom. The SMILES string of the molecule is [2H]c1c([2H])c(N(c2c([2H])c([2H])c([2H])c3c([2H])c([2H])c([2H])c([2H])c23)c2cccc3oc4c5ccccc5ccc4c23)c([2H])c([2H])c1-c1cccc2c1oc1ccccc12. The fourth-order valence-corrected chi connectivity index (χ4v) is 6.54. The van der Waals surface area contributed by atoms with E-state index in [1.807, 2.05) is 60.7 Å². The van der Waals surface area contributed by atoms with Crippen molar-refractivity contribution in [1.29, 1.82) is 0 Å². The van der Waals surface area contributed by atoms with E-state index in [4.69, 9.17) is 17.1 Å². The van der Waals surface area contributed by atoms with Crippen molar-refractivity contribution in [3.05, 3.63) is 164 Å². The molecule has 3 heteroatoms. The highest BCUT2D eigenvalue weighted by atomic mass is 16.3. The van der Waals surface area contributed by atoms with Crippen molar-refractivity contribution in [2.45, 2.75) is 0 Å². The Morgan fingerprint density at radius 2 is 1.19 bits per heavy atom. The van der Waals surface area contributed by atoms with E-state index in [0.29, 0.717) is 38.7 Å². The molecule has 0 atom stereocenters. The molecule has 0 saturated carbocycles. The highest BCUT2D eigenvalue weighted by Crippen LogP contribution is 2.46. The van der Waals surface area contributed by atoms with Crippen LogP contribution < -0.4 is 4.90 Å². The first-order valence-electron chi connectivity index (χ1n) is 20.5. The molecule has 10 aromatic rings. The molecular formula is C44H27NO2. The lowest BCUT2D eigenvalue weighted by Gasteiger charge is -2.27. The molecule has 0 N–H and O–H groups in total. The van der Waals surface area contributed by atoms with Crippen molar-refractivity contribution in [3.8, 4) is 11.1 Å². The molecule has 8 aromatic carbocycles. The normalized spacial score (nSPS) is 15.1. The van der Waals surface area contributed by atoms with Crippen LogP contribution in [0.4, 0.5) is 17.1 Å². The first-order valence-corrected chi connectivity index (χ1v) is 15.0. The smallest absolute Gasteiger partial charge is 0.143 e. The van der Waals surface area contributed by atoms with Crippen LogP contribution in [0.1, 0.15) is 15.1 Å². The minimum absolute atomic E-state index is 0.0395. The van der Waals surface area contributed by atoms with Gasteiger partial charge in [-0.25, -0.2) is 0 Å². The maximum atomic E-state index is 9.67. The van der Waals surface area contributed by atoms with Gasteiger partial charge in [0.2, 0.25) is 0 Å². The van der Waals surface area contributed by atoms with Gasteiger partial charge in [-0.15, -0.1) is 0 Å². The molecule has 10 rings (SSSR count). The number of furan rings is 2. The van der Waals surface area contributed by atoms with E-state index in [2.05, 4.69) is 0 Å². The molecule has 0 aliphatic heterocycles. The lowest BCUT2D eigenvalue weighted by Crippen LogP contribution is -2.10. The predicted molar refractivity (Wildman–Crippen MR) is 196 cm³/mol. The summed E-state index contributed by atoms with van der Waals surface area (Å²) >= 11 is 0. The summed E-state index contributed by atoms with van der Waals surface area (Å²) in [4.78, 5) is 1.27. The zero-order chi connectivity index (χ0) is 40.5.